The molecule has 0 atom stereocenters. The van der Waals surface area contributed by atoms with Gasteiger partial charge in [0.15, 0.2) is 5.17 Å². The van der Waals surface area contributed by atoms with Gasteiger partial charge in [-0.25, -0.2) is 4.99 Å². The Morgan fingerprint density at radius 3 is 2.30 bits per heavy atom. The maximum atomic E-state index is 13.7. The van der Waals surface area contributed by atoms with E-state index in [-0.39, 0.29) is 5.91 Å². The van der Waals surface area contributed by atoms with Gasteiger partial charge >= 0.3 is 0 Å². The van der Waals surface area contributed by atoms with Crippen LogP contribution in [-0.2, 0) is 11.4 Å². The smallest absolute Gasteiger partial charge is 0.271 e. The van der Waals surface area contributed by atoms with E-state index in [1.54, 1.807) is 4.90 Å². The van der Waals surface area contributed by atoms with E-state index in [2.05, 4.69) is 31.9 Å². The van der Waals surface area contributed by atoms with Crippen molar-refractivity contribution in [2.24, 2.45) is 4.99 Å². The number of thioether (sulfide) groups is 1. The van der Waals surface area contributed by atoms with Gasteiger partial charge in [0.05, 0.1) is 20.8 Å². The summed E-state index contributed by atoms with van der Waals surface area (Å²) in [5, 5.41) is 1.26. The first-order valence-electron chi connectivity index (χ1n) is 11.3. The molecule has 0 aromatic heterocycles. The number of carbonyl (C=O) groups excluding carboxylic acids is 1. The van der Waals surface area contributed by atoms with Crippen LogP contribution in [0.5, 0.6) is 5.75 Å². The van der Waals surface area contributed by atoms with E-state index in [9.17, 15) is 4.79 Å². The normalized spacial score (nSPS) is 15.5. The van der Waals surface area contributed by atoms with Gasteiger partial charge in [0.1, 0.15) is 12.4 Å². The molecule has 1 amide bonds. The first kappa shape index (κ1) is 25.8. The van der Waals surface area contributed by atoms with Crippen LogP contribution < -0.4 is 9.64 Å². The second-order valence-electron chi connectivity index (χ2n) is 8.04. The first-order chi connectivity index (χ1) is 18.0. The van der Waals surface area contributed by atoms with Gasteiger partial charge in [-0.2, -0.15) is 0 Å². The first-order valence-corrected chi connectivity index (χ1v) is 14.0. The fraction of sp³-hybridized carbons (Fsp3) is 0.0345. The largest absolute Gasteiger partial charge is 0.487 e. The van der Waals surface area contributed by atoms with Crippen LogP contribution in [0.3, 0.4) is 0 Å². The lowest BCUT2D eigenvalue weighted by Crippen LogP contribution is -2.28. The number of nitrogens with zero attached hydrogens (tertiary/aromatic N) is 2. The Kier molecular flexibility index (Phi) is 8.15. The predicted octanol–water partition coefficient (Wildman–Crippen LogP) is 9.25. The molecule has 5 rings (SSSR count). The van der Waals surface area contributed by atoms with Crippen LogP contribution in [0.4, 0.5) is 11.4 Å². The quantitative estimate of drug-likeness (QED) is 0.195. The summed E-state index contributed by atoms with van der Waals surface area (Å²) in [6.45, 7) is 0.353. The van der Waals surface area contributed by atoms with Crippen molar-refractivity contribution in [2.45, 2.75) is 6.61 Å². The molecular weight excluding hydrogens is 636 g/mol. The average Bonchev–Trinajstić information content (AvgIpc) is 3.19. The van der Waals surface area contributed by atoms with Gasteiger partial charge in [-0.1, -0.05) is 76.1 Å². The molecule has 1 fully saturated rings. The molecule has 0 saturated carbocycles. The number of halogens is 3. The Balaban J connectivity index is 1.52. The van der Waals surface area contributed by atoms with E-state index in [1.807, 2.05) is 103 Å². The van der Waals surface area contributed by atoms with E-state index >= 15 is 0 Å². The van der Waals surface area contributed by atoms with Crippen LogP contribution in [0.25, 0.3) is 6.08 Å². The average molecular weight is 655 g/mol. The third-order valence-electron chi connectivity index (χ3n) is 5.42. The molecule has 1 heterocycles. The summed E-state index contributed by atoms with van der Waals surface area (Å²) in [7, 11) is 0. The number of rotatable bonds is 6. The van der Waals surface area contributed by atoms with Crippen molar-refractivity contribution in [1.82, 2.24) is 0 Å². The number of amides is 1. The van der Waals surface area contributed by atoms with Crippen molar-refractivity contribution in [2.75, 3.05) is 4.90 Å². The minimum absolute atomic E-state index is 0.148. The summed E-state index contributed by atoms with van der Waals surface area (Å²) in [6, 6.07) is 30.5. The molecule has 0 N–H and O–H groups in total. The van der Waals surface area contributed by atoms with Crippen LogP contribution in [0.2, 0.25) is 5.02 Å². The highest BCUT2D eigenvalue weighted by Gasteiger charge is 2.35. The SMILES string of the molecule is O=C1/C(=C\c2cc(Br)cc(Br)c2OCc2ccc(Cl)cc2)SC(=Nc2ccccc2)N1c1ccccc1. The Morgan fingerprint density at radius 1 is 0.919 bits per heavy atom. The maximum Gasteiger partial charge on any atom is 0.271 e. The van der Waals surface area contributed by atoms with Gasteiger partial charge in [0.2, 0.25) is 0 Å². The Hall–Kier alpha value is -2.84. The summed E-state index contributed by atoms with van der Waals surface area (Å²) >= 11 is 14.5. The van der Waals surface area contributed by atoms with E-state index < -0.39 is 0 Å². The third-order valence-corrected chi connectivity index (χ3v) is 7.69. The monoisotopic (exact) mass is 652 g/mol. The molecular formula is C29H19Br2ClN2O2S. The second kappa shape index (κ2) is 11.7. The number of carbonyl (C=O) groups is 1. The van der Waals surface area contributed by atoms with E-state index in [4.69, 9.17) is 21.3 Å². The van der Waals surface area contributed by atoms with E-state index in [0.29, 0.717) is 27.5 Å². The van der Waals surface area contributed by atoms with Crippen molar-refractivity contribution in [1.29, 1.82) is 0 Å². The Morgan fingerprint density at radius 2 is 1.59 bits per heavy atom. The summed E-state index contributed by atoms with van der Waals surface area (Å²) in [5.41, 5.74) is 3.28. The molecule has 4 aromatic carbocycles. The number of anilines is 1. The maximum absolute atomic E-state index is 13.7. The van der Waals surface area contributed by atoms with Gasteiger partial charge in [-0.3, -0.25) is 9.69 Å². The number of amidine groups is 1. The minimum atomic E-state index is -0.148. The van der Waals surface area contributed by atoms with Crippen molar-refractivity contribution in [3.63, 3.8) is 0 Å². The zero-order valence-corrected chi connectivity index (χ0v) is 24.0. The summed E-state index contributed by atoms with van der Waals surface area (Å²) in [6.07, 6.45) is 1.85. The lowest BCUT2D eigenvalue weighted by Gasteiger charge is -2.15. The fourth-order valence-corrected chi connectivity index (χ4v) is 6.17. The summed E-state index contributed by atoms with van der Waals surface area (Å²) in [5.74, 6) is 0.490. The lowest BCUT2D eigenvalue weighted by molar-refractivity contribution is -0.113. The Labute approximate surface area is 241 Å². The zero-order valence-electron chi connectivity index (χ0n) is 19.3. The molecule has 0 aliphatic carbocycles. The van der Waals surface area contributed by atoms with E-state index in [1.165, 1.54) is 11.8 Å². The summed E-state index contributed by atoms with van der Waals surface area (Å²) in [4.78, 5) is 20.6. The number of aliphatic imine (C=N–C) groups is 1. The van der Waals surface area contributed by atoms with Crippen molar-refractivity contribution in [3.8, 4) is 5.75 Å². The molecule has 0 bridgehead atoms. The molecule has 1 aliphatic rings. The third kappa shape index (κ3) is 6.18. The highest BCUT2D eigenvalue weighted by molar-refractivity contribution is 9.11. The van der Waals surface area contributed by atoms with Crippen LogP contribution in [-0.4, -0.2) is 11.1 Å². The fourth-order valence-electron chi connectivity index (χ4n) is 3.68. The van der Waals surface area contributed by atoms with Crippen LogP contribution in [0.1, 0.15) is 11.1 Å². The molecule has 184 valence electrons. The van der Waals surface area contributed by atoms with Gasteiger partial charge in [-0.05, 0) is 87.9 Å². The molecule has 8 heteroatoms. The van der Waals surface area contributed by atoms with Gasteiger partial charge in [-0.15, -0.1) is 0 Å². The Bertz CT molecular complexity index is 1490. The zero-order chi connectivity index (χ0) is 25.8. The number of hydrogen-bond donors (Lipinski definition) is 0. The highest BCUT2D eigenvalue weighted by atomic mass is 79.9. The van der Waals surface area contributed by atoms with Gasteiger partial charge < -0.3 is 4.74 Å². The van der Waals surface area contributed by atoms with Gasteiger partial charge in [0, 0.05) is 15.1 Å². The molecule has 0 radical (unpaired) electrons. The molecule has 1 saturated heterocycles. The predicted molar refractivity (Wildman–Crippen MR) is 161 cm³/mol. The molecule has 37 heavy (non-hydrogen) atoms. The van der Waals surface area contributed by atoms with Crippen LogP contribution in [0.15, 0.2) is 116 Å². The molecule has 0 spiro atoms. The molecule has 0 unspecified atom stereocenters. The second-order valence-corrected chi connectivity index (χ2v) is 11.3. The number of hydrogen-bond acceptors (Lipinski definition) is 4. The summed E-state index contributed by atoms with van der Waals surface area (Å²) < 4.78 is 7.84. The standard InChI is InChI=1S/C29H19Br2ClN2O2S/c30-21-15-20(27(25(31)17-21)36-18-19-11-13-22(32)14-12-19)16-26-28(35)34(24-9-5-2-6-10-24)29(37-26)33-23-7-3-1-4-8-23/h1-17H,18H2/b26-16+,33-29?. The lowest BCUT2D eigenvalue weighted by atomic mass is 10.1. The van der Waals surface area contributed by atoms with Crippen molar-refractivity contribution < 1.29 is 9.53 Å². The molecule has 4 nitrogen and oxygen atoms in total. The molecule has 1 aliphatic heterocycles. The number of para-hydroxylation sites is 2. The van der Waals surface area contributed by atoms with E-state index in [0.717, 1.165) is 31.4 Å². The molecule has 4 aromatic rings. The minimum Gasteiger partial charge on any atom is -0.487 e. The number of ether oxygens (including phenoxy) is 1. The van der Waals surface area contributed by atoms with Gasteiger partial charge in [0.25, 0.3) is 5.91 Å². The van der Waals surface area contributed by atoms with Crippen LogP contribution in [0, 0.1) is 0 Å². The highest BCUT2D eigenvalue weighted by Crippen LogP contribution is 2.40. The van der Waals surface area contributed by atoms with Crippen molar-refractivity contribution in [3.05, 3.63) is 127 Å². The van der Waals surface area contributed by atoms with Crippen molar-refractivity contribution >= 4 is 83.7 Å². The van der Waals surface area contributed by atoms with Crippen LogP contribution >= 0.6 is 55.2 Å². The topological polar surface area (TPSA) is 41.9 Å². The number of benzene rings is 4.